The maximum atomic E-state index is 13.3. The molecule has 1 unspecified atom stereocenters. The summed E-state index contributed by atoms with van der Waals surface area (Å²) >= 11 is 0. The predicted octanol–water partition coefficient (Wildman–Crippen LogP) is 6.28. The van der Waals surface area contributed by atoms with Crippen molar-refractivity contribution >= 4 is 23.0 Å². The molecule has 2 heterocycles. The van der Waals surface area contributed by atoms with Gasteiger partial charge in [0, 0.05) is 62.1 Å². The van der Waals surface area contributed by atoms with Gasteiger partial charge in [0.15, 0.2) is 0 Å². The zero-order valence-corrected chi connectivity index (χ0v) is 24.0. The van der Waals surface area contributed by atoms with Gasteiger partial charge in [0.05, 0.1) is 4.92 Å². The molecule has 0 spiro atoms. The van der Waals surface area contributed by atoms with Gasteiger partial charge >= 0.3 is 6.18 Å². The molecule has 2 aromatic carbocycles. The van der Waals surface area contributed by atoms with Crippen LogP contribution in [0.4, 0.5) is 30.2 Å². The number of hydrogen-bond acceptors (Lipinski definition) is 6. The van der Waals surface area contributed by atoms with Crippen molar-refractivity contribution in [2.75, 3.05) is 43.4 Å². The molecule has 0 bridgehead atoms. The van der Waals surface area contributed by atoms with Crippen molar-refractivity contribution < 1.29 is 22.9 Å². The van der Waals surface area contributed by atoms with E-state index in [0.717, 1.165) is 56.7 Å². The second-order valence-corrected chi connectivity index (χ2v) is 12.1. The van der Waals surface area contributed by atoms with Gasteiger partial charge in [-0.2, -0.15) is 13.2 Å². The summed E-state index contributed by atoms with van der Waals surface area (Å²) in [4.78, 5) is 26.9. The van der Waals surface area contributed by atoms with Gasteiger partial charge in [-0.15, -0.1) is 0 Å². The van der Waals surface area contributed by atoms with Crippen LogP contribution in [0.25, 0.3) is 0 Å². The molecule has 2 aromatic rings. The summed E-state index contributed by atoms with van der Waals surface area (Å²) in [6.07, 6.45) is -0.941. The first-order valence-corrected chi connectivity index (χ1v) is 14.3. The molecule has 2 N–H and O–H groups in total. The highest BCUT2D eigenvalue weighted by atomic mass is 19.4. The fourth-order valence-electron chi connectivity index (χ4n) is 5.57. The highest BCUT2D eigenvalue weighted by Gasteiger charge is 2.38. The normalized spacial score (nSPS) is 18.9. The summed E-state index contributed by atoms with van der Waals surface area (Å²) in [6, 6.07) is 11.8. The molecule has 0 aliphatic carbocycles. The lowest BCUT2D eigenvalue weighted by molar-refractivity contribution is -0.388. The molecule has 2 aliphatic rings. The molecular weight excluding hydrogens is 535 g/mol. The lowest BCUT2D eigenvalue weighted by Gasteiger charge is -2.33. The van der Waals surface area contributed by atoms with Crippen LogP contribution in [0.5, 0.6) is 0 Å². The zero-order chi connectivity index (χ0) is 29.8. The maximum absolute atomic E-state index is 13.3. The number of nitrogens with zero attached hydrogens (tertiary/aromatic N) is 3. The molecular formula is C30H40F3N5O3. The van der Waals surface area contributed by atoms with Crippen molar-refractivity contribution in [1.82, 2.24) is 9.80 Å². The molecule has 0 radical (unpaired) electrons. The first-order valence-electron chi connectivity index (χ1n) is 14.3. The van der Waals surface area contributed by atoms with E-state index in [-0.39, 0.29) is 23.1 Å². The summed E-state index contributed by atoms with van der Waals surface area (Å²) in [5, 5.41) is 17.6. The summed E-state index contributed by atoms with van der Waals surface area (Å²) in [6.45, 7) is 10.4. The van der Waals surface area contributed by atoms with E-state index in [4.69, 9.17) is 0 Å². The van der Waals surface area contributed by atoms with Crippen LogP contribution in [0, 0.1) is 10.1 Å². The number of likely N-dealkylation sites (tertiary alicyclic amines) is 2. The van der Waals surface area contributed by atoms with Crippen LogP contribution in [0.1, 0.15) is 64.0 Å². The number of anilines is 2. The molecule has 2 saturated heterocycles. The van der Waals surface area contributed by atoms with Gasteiger partial charge in [-0.1, -0.05) is 32.9 Å². The largest absolute Gasteiger partial charge is 0.423 e. The van der Waals surface area contributed by atoms with Gasteiger partial charge in [-0.05, 0) is 67.5 Å². The molecule has 11 heteroatoms. The van der Waals surface area contributed by atoms with Crippen molar-refractivity contribution in [2.24, 2.45) is 0 Å². The number of piperidine rings is 1. The Morgan fingerprint density at radius 2 is 1.56 bits per heavy atom. The Labute approximate surface area is 239 Å². The van der Waals surface area contributed by atoms with Gasteiger partial charge in [0.2, 0.25) is 5.91 Å². The number of alkyl halides is 3. The minimum absolute atomic E-state index is 0.0456. The Bertz CT molecular complexity index is 1210. The Morgan fingerprint density at radius 1 is 0.951 bits per heavy atom. The molecule has 0 saturated carbocycles. The van der Waals surface area contributed by atoms with Crippen molar-refractivity contribution in [1.29, 1.82) is 0 Å². The first kappa shape index (κ1) is 30.6. The first-order chi connectivity index (χ1) is 19.3. The second-order valence-electron chi connectivity index (χ2n) is 12.1. The van der Waals surface area contributed by atoms with Crippen LogP contribution in [-0.4, -0.2) is 65.4 Å². The third-order valence-corrected chi connectivity index (χ3v) is 7.98. The Kier molecular flexibility index (Phi) is 9.46. The molecule has 224 valence electrons. The SMILES string of the molecule is CC(C)(C)c1ccc(NC2CCN(CCCC(=O)N3CCC(Nc4ccc([N+](=O)[O-])c(C(F)(F)F)c4)C3)CC2)cc1. The number of carbonyl (C=O) groups excluding carboxylic acids is 1. The number of rotatable bonds is 9. The number of nitro groups is 1. The van der Waals surface area contributed by atoms with E-state index in [1.165, 1.54) is 11.6 Å². The molecule has 2 fully saturated rings. The molecule has 4 rings (SSSR count). The minimum atomic E-state index is -4.83. The van der Waals surface area contributed by atoms with Crippen LogP contribution in [0.2, 0.25) is 0 Å². The van der Waals surface area contributed by atoms with E-state index in [9.17, 15) is 28.1 Å². The zero-order valence-electron chi connectivity index (χ0n) is 24.0. The van der Waals surface area contributed by atoms with Gasteiger partial charge in [-0.25, -0.2) is 0 Å². The summed E-state index contributed by atoms with van der Waals surface area (Å²) < 4.78 is 39.9. The second kappa shape index (κ2) is 12.7. The van der Waals surface area contributed by atoms with Crippen molar-refractivity contribution in [3.05, 3.63) is 63.7 Å². The number of halogens is 3. The average molecular weight is 576 g/mol. The monoisotopic (exact) mass is 575 g/mol. The number of amides is 1. The van der Waals surface area contributed by atoms with Gasteiger partial charge in [0.25, 0.3) is 5.69 Å². The topological polar surface area (TPSA) is 90.8 Å². The van der Waals surface area contributed by atoms with Crippen LogP contribution in [0.15, 0.2) is 42.5 Å². The molecule has 41 heavy (non-hydrogen) atoms. The third-order valence-electron chi connectivity index (χ3n) is 7.98. The number of nitrogens with one attached hydrogen (secondary N) is 2. The van der Waals surface area contributed by atoms with E-state index in [0.29, 0.717) is 32.0 Å². The van der Waals surface area contributed by atoms with Gasteiger partial charge in [0.1, 0.15) is 5.56 Å². The van der Waals surface area contributed by atoms with E-state index in [2.05, 4.69) is 60.6 Å². The minimum Gasteiger partial charge on any atom is -0.382 e. The quantitative estimate of drug-likeness (QED) is 0.270. The number of benzene rings is 2. The van der Waals surface area contributed by atoms with Crippen LogP contribution in [-0.2, 0) is 16.4 Å². The van der Waals surface area contributed by atoms with Crippen molar-refractivity contribution in [3.8, 4) is 0 Å². The number of carbonyl (C=O) groups is 1. The number of nitro benzene ring substituents is 1. The molecule has 2 aliphatic heterocycles. The van der Waals surface area contributed by atoms with Crippen LogP contribution >= 0.6 is 0 Å². The summed E-state index contributed by atoms with van der Waals surface area (Å²) in [5.41, 5.74) is 0.498. The Morgan fingerprint density at radius 3 is 2.17 bits per heavy atom. The summed E-state index contributed by atoms with van der Waals surface area (Å²) in [7, 11) is 0. The summed E-state index contributed by atoms with van der Waals surface area (Å²) in [5.74, 6) is 0.0456. The van der Waals surface area contributed by atoms with Crippen LogP contribution in [0.3, 0.4) is 0 Å². The molecule has 0 aromatic heterocycles. The smallest absolute Gasteiger partial charge is 0.382 e. The predicted molar refractivity (Wildman–Crippen MR) is 154 cm³/mol. The van der Waals surface area contributed by atoms with Gasteiger partial charge < -0.3 is 20.4 Å². The van der Waals surface area contributed by atoms with Gasteiger partial charge in [-0.3, -0.25) is 14.9 Å². The third kappa shape index (κ3) is 8.34. The van der Waals surface area contributed by atoms with E-state index >= 15 is 0 Å². The van der Waals surface area contributed by atoms with Crippen molar-refractivity contribution in [2.45, 2.75) is 76.6 Å². The molecule has 1 atom stereocenters. The highest BCUT2D eigenvalue weighted by Crippen LogP contribution is 2.38. The Hall–Kier alpha value is -3.34. The molecule has 8 nitrogen and oxygen atoms in total. The Balaban J connectivity index is 1.16. The maximum Gasteiger partial charge on any atom is 0.423 e. The van der Waals surface area contributed by atoms with Crippen LogP contribution < -0.4 is 10.6 Å². The van der Waals surface area contributed by atoms with Crippen molar-refractivity contribution in [3.63, 3.8) is 0 Å². The van der Waals surface area contributed by atoms with E-state index in [1.54, 1.807) is 4.90 Å². The number of hydrogen-bond donors (Lipinski definition) is 2. The van der Waals surface area contributed by atoms with E-state index < -0.39 is 22.4 Å². The fourth-order valence-corrected chi connectivity index (χ4v) is 5.57. The highest BCUT2D eigenvalue weighted by molar-refractivity contribution is 5.76. The lowest BCUT2D eigenvalue weighted by atomic mass is 9.87. The fraction of sp³-hybridized carbons (Fsp3) is 0.567. The lowest BCUT2D eigenvalue weighted by Crippen LogP contribution is -2.40. The standard InChI is InChI=1S/C30H40F3N5O3/c1-29(2,3)21-6-8-22(9-7-21)34-23-12-16-36(17-13-23)15-4-5-28(39)37-18-14-25(20-37)35-24-10-11-27(38(40)41)26(19-24)30(31,32)33/h6-11,19,23,25,34-35H,4-5,12-18,20H2,1-3H3. The molecule has 1 amide bonds. The average Bonchev–Trinajstić information content (AvgIpc) is 3.37. The van der Waals surface area contributed by atoms with E-state index in [1.807, 2.05) is 0 Å².